The minimum Gasteiger partial charge on any atom is -0.366 e. The van der Waals surface area contributed by atoms with Crippen molar-refractivity contribution in [1.82, 2.24) is 9.55 Å². The summed E-state index contributed by atoms with van der Waals surface area (Å²) < 4.78 is 2.30. The highest BCUT2D eigenvalue weighted by Gasteiger charge is 2.25. The molecule has 0 bridgehead atoms. The van der Waals surface area contributed by atoms with Gasteiger partial charge in [0.1, 0.15) is 5.01 Å². The molecule has 0 aliphatic heterocycles. The zero-order chi connectivity index (χ0) is 17.0. The Bertz CT molecular complexity index is 656. The van der Waals surface area contributed by atoms with Gasteiger partial charge in [-0.3, -0.25) is 4.79 Å². The molecule has 2 aromatic rings. The monoisotopic (exact) mass is 333 g/mol. The van der Waals surface area contributed by atoms with Gasteiger partial charge in [0.05, 0.1) is 5.56 Å². The molecule has 0 fully saturated rings. The number of rotatable bonds is 8. The second-order valence-electron chi connectivity index (χ2n) is 6.42. The van der Waals surface area contributed by atoms with Crippen LogP contribution >= 0.6 is 11.3 Å². The topological polar surface area (TPSA) is 60.9 Å². The van der Waals surface area contributed by atoms with E-state index in [0.29, 0.717) is 11.5 Å². The third-order valence-corrected chi connectivity index (χ3v) is 5.01. The molecule has 23 heavy (non-hydrogen) atoms. The van der Waals surface area contributed by atoms with E-state index in [1.807, 2.05) is 12.3 Å². The van der Waals surface area contributed by atoms with E-state index in [9.17, 15) is 4.79 Å². The van der Waals surface area contributed by atoms with Gasteiger partial charge in [-0.2, -0.15) is 0 Å². The molecule has 0 aromatic carbocycles. The molecule has 0 atom stereocenters. The predicted octanol–water partition coefficient (Wildman–Crippen LogP) is 4.41. The van der Waals surface area contributed by atoms with Crippen LogP contribution in [0.25, 0.3) is 10.6 Å². The van der Waals surface area contributed by atoms with E-state index < -0.39 is 0 Å². The number of nitrogens with zero attached hydrogens (tertiary/aromatic N) is 2. The van der Waals surface area contributed by atoms with Gasteiger partial charge in [-0.1, -0.05) is 27.2 Å². The lowest BCUT2D eigenvalue weighted by atomic mass is 10.1. The summed E-state index contributed by atoms with van der Waals surface area (Å²) in [6.07, 6.45) is 6.05. The molecule has 2 heterocycles. The van der Waals surface area contributed by atoms with Crippen LogP contribution < -0.4 is 5.73 Å². The van der Waals surface area contributed by atoms with Crippen LogP contribution in [-0.2, 0) is 13.0 Å². The van der Waals surface area contributed by atoms with E-state index in [1.165, 1.54) is 5.69 Å². The fourth-order valence-corrected chi connectivity index (χ4v) is 3.68. The van der Waals surface area contributed by atoms with Crippen molar-refractivity contribution in [2.45, 2.75) is 59.9 Å². The van der Waals surface area contributed by atoms with Crippen LogP contribution in [-0.4, -0.2) is 15.5 Å². The smallest absolute Gasteiger partial charge is 0.251 e. The summed E-state index contributed by atoms with van der Waals surface area (Å²) in [7, 11) is 0. The van der Waals surface area contributed by atoms with Crippen molar-refractivity contribution in [3.63, 3.8) is 0 Å². The van der Waals surface area contributed by atoms with Gasteiger partial charge in [-0.05, 0) is 32.1 Å². The number of carbonyl (C=O) groups is 1. The zero-order valence-electron chi connectivity index (χ0n) is 14.6. The molecule has 0 aliphatic carbocycles. The number of thiazole rings is 1. The Morgan fingerprint density at radius 1 is 1.43 bits per heavy atom. The van der Waals surface area contributed by atoms with Crippen LogP contribution in [0.1, 0.15) is 61.8 Å². The Morgan fingerprint density at radius 3 is 2.70 bits per heavy atom. The predicted molar refractivity (Wildman–Crippen MR) is 96.9 cm³/mol. The van der Waals surface area contributed by atoms with E-state index in [4.69, 9.17) is 5.73 Å². The molecule has 0 unspecified atom stereocenters. The molecule has 0 saturated heterocycles. The molecule has 126 valence electrons. The SMILES string of the molecule is CCCCc1c(-c2nccs2)c(C(N)=O)c(C)n1CCC(C)C. The first-order chi connectivity index (χ1) is 11.0. The molecule has 1 amide bonds. The summed E-state index contributed by atoms with van der Waals surface area (Å²) in [5.74, 6) is 0.268. The van der Waals surface area contributed by atoms with Gasteiger partial charge in [0, 0.05) is 35.1 Å². The Morgan fingerprint density at radius 2 is 2.17 bits per heavy atom. The van der Waals surface area contributed by atoms with Crippen molar-refractivity contribution < 1.29 is 4.79 Å². The van der Waals surface area contributed by atoms with Crippen LogP contribution in [0.3, 0.4) is 0 Å². The molecule has 4 nitrogen and oxygen atoms in total. The number of amides is 1. The van der Waals surface area contributed by atoms with E-state index in [-0.39, 0.29) is 5.91 Å². The molecule has 2 N–H and O–H groups in total. The highest BCUT2D eigenvalue weighted by atomic mass is 32.1. The van der Waals surface area contributed by atoms with Crippen LogP contribution in [0.4, 0.5) is 0 Å². The van der Waals surface area contributed by atoms with Gasteiger partial charge in [-0.25, -0.2) is 4.98 Å². The lowest BCUT2D eigenvalue weighted by molar-refractivity contribution is 0.1000. The number of aromatic nitrogens is 2. The van der Waals surface area contributed by atoms with Gasteiger partial charge in [-0.15, -0.1) is 11.3 Å². The molecule has 0 spiro atoms. The summed E-state index contributed by atoms with van der Waals surface area (Å²) >= 11 is 1.57. The van der Waals surface area contributed by atoms with Crippen molar-refractivity contribution in [2.75, 3.05) is 0 Å². The maximum atomic E-state index is 12.1. The van der Waals surface area contributed by atoms with Gasteiger partial charge in [0.15, 0.2) is 0 Å². The average Bonchev–Trinajstić information content (AvgIpc) is 3.09. The maximum Gasteiger partial charge on any atom is 0.251 e. The zero-order valence-corrected chi connectivity index (χ0v) is 15.4. The van der Waals surface area contributed by atoms with Crippen LogP contribution in [0.2, 0.25) is 0 Å². The Labute approximate surface area is 142 Å². The molecule has 0 aliphatic rings. The van der Waals surface area contributed by atoms with Crippen molar-refractivity contribution >= 4 is 17.2 Å². The lowest BCUT2D eigenvalue weighted by Gasteiger charge is -2.14. The van der Waals surface area contributed by atoms with Gasteiger partial charge < -0.3 is 10.3 Å². The number of hydrogen-bond donors (Lipinski definition) is 1. The average molecular weight is 334 g/mol. The van der Waals surface area contributed by atoms with E-state index in [1.54, 1.807) is 17.5 Å². The summed E-state index contributed by atoms with van der Waals surface area (Å²) in [6, 6.07) is 0. The third kappa shape index (κ3) is 3.83. The van der Waals surface area contributed by atoms with Gasteiger partial charge >= 0.3 is 0 Å². The summed E-state index contributed by atoms with van der Waals surface area (Å²) in [6.45, 7) is 9.57. The fourth-order valence-electron chi connectivity index (χ4n) is 2.97. The lowest BCUT2D eigenvalue weighted by Crippen LogP contribution is -2.13. The Hall–Kier alpha value is -1.62. The number of nitrogens with two attached hydrogens (primary N) is 1. The van der Waals surface area contributed by atoms with E-state index >= 15 is 0 Å². The van der Waals surface area contributed by atoms with Crippen LogP contribution in [0, 0.1) is 12.8 Å². The number of hydrogen-bond acceptors (Lipinski definition) is 3. The normalized spacial score (nSPS) is 11.3. The van der Waals surface area contributed by atoms with Crippen LogP contribution in [0.5, 0.6) is 0 Å². The van der Waals surface area contributed by atoms with Crippen molar-refractivity contribution in [3.05, 3.63) is 28.5 Å². The second-order valence-corrected chi connectivity index (χ2v) is 7.32. The fraction of sp³-hybridized carbons (Fsp3) is 0.556. The summed E-state index contributed by atoms with van der Waals surface area (Å²) in [4.78, 5) is 16.5. The molecular formula is C18H27N3OS. The first-order valence-electron chi connectivity index (χ1n) is 8.38. The summed E-state index contributed by atoms with van der Waals surface area (Å²) in [5.41, 5.74) is 9.52. The number of primary amides is 1. The molecule has 2 rings (SSSR count). The molecule has 5 heteroatoms. The molecule has 0 radical (unpaired) electrons. The highest BCUT2D eigenvalue weighted by Crippen LogP contribution is 2.35. The number of unbranched alkanes of at least 4 members (excludes halogenated alkanes) is 1. The standard InChI is InChI=1S/C18H27N3OS/c1-5-6-7-14-16(18-20-9-11-23-18)15(17(19)22)13(4)21(14)10-8-12(2)3/h9,11-12H,5-8,10H2,1-4H3,(H2,19,22). The Kier molecular flexibility index (Phi) is 5.99. The quantitative estimate of drug-likeness (QED) is 0.778. The minimum atomic E-state index is -0.353. The van der Waals surface area contributed by atoms with Gasteiger partial charge in [0.25, 0.3) is 5.91 Å². The molecular weight excluding hydrogens is 306 g/mol. The highest BCUT2D eigenvalue weighted by molar-refractivity contribution is 7.13. The largest absolute Gasteiger partial charge is 0.366 e. The molecule has 2 aromatic heterocycles. The van der Waals surface area contributed by atoms with E-state index in [2.05, 4.69) is 30.3 Å². The first kappa shape index (κ1) is 17.7. The third-order valence-electron chi connectivity index (χ3n) is 4.22. The van der Waals surface area contributed by atoms with Crippen molar-refractivity contribution in [1.29, 1.82) is 0 Å². The first-order valence-corrected chi connectivity index (χ1v) is 9.26. The number of carbonyl (C=O) groups excluding carboxylic acids is 1. The summed E-state index contributed by atoms with van der Waals surface area (Å²) in [5, 5.41) is 2.85. The van der Waals surface area contributed by atoms with Gasteiger partial charge in [0.2, 0.25) is 0 Å². The maximum absolute atomic E-state index is 12.1. The Balaban J connectivity index is 2.60. The van der Waals surface area contributed by atoms with Crippen LogP contribution in [0.15, 0.2) is 11.6 Å². The minimum absolute atomic E-state index is 0.353. The molecule has 0 saturated carbocycles. The van der Waals surface area contributed by atoms with E-state index in [0.717, 1.165) is 48.5 Å². The van der Waals surface area contributed by atoms with Crippen molar-refractivity contribution in [3.8, 4) is 10.6 Å². The second kappa shape index (κ2) is 7.77. The van der Waals surface area contributed by atoms with Crippen molar-refractivity contribution in [2.24, 2.45) is 11.7 Å².